The van der Waals surface area contributed by atoms with Crippen molar-refractivity contribution in [2.75, 3.05) is 18.1 Å². The number of rotatable bonds is 4. The number of aliphatic hydroxyl groups excluding tert-OH is 1. The van der Waals surface area contributed by atoms with Gasteiger partial charge in [-0.05, 0) is 31.6 Å². The normalized spacial score (nSPS) is 19.7. The first-order chi connectivity index (χ1) is 14.7. The summed E-state index contributed by atoms with van der Waals surface area (Å²) in [5.74, 6) is 0.0281. The van der Waals surface area contributed by atoms with Gasteiger partial charge in [-0.1, -0.05) is 44.2 Å². The van der Waals surface area contributed by atoms with Gasteiger partial charge in [-0.25, -0.2) is 0 Å². The fraction of sp³-hybridized carbons (Fsp3) is 0.320. The van der Waals surface area contributed by atoms with Crippen molar-refractivity contribution in [2.45, 2.75) is 38.7 Å². The van der Waals surface area contributed by atoms with Crippen LogP contribution in [0.3, 0.4) is 0 Å². The molecule has 1 N–H and O–H groups in total. The Kier molecular flexibility index (Phi) is 5.76. The average Bonchev–Trinajstić information content (AvgIpc) is 3.11. The van der Waals surface area contributed by atoms with Gasteiger partial charge in [-0.2, -0.15) is 15.8 Å². The summed E-state index contributed by atoms with van der Waals surface area (Å²) in [4.78, 5) is 2.10. The molecule has 0 aromatic heterocycles. The summed E-state index contributed by atoms with van der Waals surface area (Å²) in [5, 5.41) is 37.7. The van der Waals surface area contributed by atoms with Crippen molar-refractivity contribution >= 4 is 5.69 Å². The number of aliphatic hydroxyl groups is 1. The highest BCUT2D eigenvalue weighted by atomic mass is 16.5. The van der Waals surface area contributed by atoms with Crippen LogP contribution >= 0.6 is 0 Å². The van der Waals surface area contributed by atoms with E-state index in [9.17, 15) is 20.9 Å². The third-order valence-corrected chi connectivity index (χ3v) is 5.70. The number of para-hydroxylation sites is 1. The molecule has 2 aliphatic rings. The van der Waals surface area contributed by atoms with Crippen molar-refractivity contribution in [1.82, 2.24) is 0 Å². The van der Waals surface area contributed by atoms with Crippen LogP contribution in [0.5, 0.6) is 0 Å². The van der Waals surface area contributed by atoms with Gasteiger partial charge in [0.15, 0.2) is 11.3 Å². The van der Waals surface area contributed by atoms with Crippen LogP contribution < -0.4 is 4.90 Å². The van der Waals surface area contributed by atoms with E-state index in [2.05, 4.69) is 30.9 Å². The first kappa shape index (κ1) is 21.9. The molecule has 6 heteroatoms. The van der Waals surface area contributed by atoms with Crippen LogP contribution in [0.4, 0.5) is 5.69 Å². The largest absolute Gasteiger partial charge is 0.480 e. The molecule has 31 heavy (non-hydrogen) atoms. The molecule has 0 bridgehead atoms. The molecule has 2 heterocycles. The number of nitrogens with zero attached hydrogens (tertiary/aromatic N) is 4. The number of hydrogen-bond acceptors (Lipinski definition) is 6. The second-order valence-electron chi connectivity index (χ2n) is 8.37. The van der Waals surface area contributed by atoms with Crippen LogP contribution in [0.15, 0.2) is 70.7 Å². The van der Waals surface area contributed by atoms with Crippen molar-refractivity contribution in [3.05, 3.63) is 76.2 Å². The van der Waals surface area contributed by atoms with Crippen LogP contribution in [0, 0.1) is 34.0 Å². The minimum Gasteiger partial charge on any atom is -0.480 e. The highest BCUT2D eigenvalue weighted by Crippen LogP contribution is 2.47. The van der Waals surface area contributed by atoms with Crippen LogP contribution in [-0.4, -0.2) is 23.9 Å². The molecule has 1 aromatic rings. The molecule has 6 nitrogen and oxygen atoms in total. The lowest BCUT2D eigenvalue weighted by molar-refractivity contribution is 0.0954. The molecule has 0 radical (unpaired) electrons. The van der Waals surface area contributed by atoms with Crippen molar-refractivity contribution in [1.29, 1.82) is 15.8 Å². The summed E-state index contributed by atoms with van der Waals surface area (Å²) in [5.41, 5.74) is 2.75. The SMILES string of the molecule is CC1(C)OC(=C(C#N)C#N)C(C#N)=C1/C=C/C=C1/N(CCO)c2ccccc2C1(C)C. The Labute approximate surface area is 182 Å². The van der Waals surface area contributed by atoms with E-state index in [4.69, 9.17) is 4.74 Å². The zero-order valence-electron chi connectivity index (χ0n) is 18.1. The van der Waals surface area contributed by atoms with Gasteiger partial charge in [0.05, 0.1) is 6.61 Å². The van der Waals surface area contributed by atoms with E-state index in [1.54, 1.807) is 32.1 Å². The molecule has 0 spiro atoms. The van der Waals surface area contributed by atoms with E-state index >= 15 is 0 Å². The number of allylic oxidation sites excluding steroid dienone is 5. The van der Waals surface area contributed by atoms with Crippen molar-refractivity contribution in [3.63, 3.8) is 0 Å². The molecule has 0 atom stereocenters. The fourth-order valence-corrected chi connectivity index (χ4v) is 4.20. The van der Waals surface area contributed by atoms with Gasteiger partial charge < -0.3 is 14.7 Å². The standard InChI is InChI=1S/C25H24N4O2/c1-24(2)20-8-5-6-10-21(20)29(12-13-30)22(24)11-7-9-19-18(16-28)23(17(14-26)15-27)31-25(19,3)4/h5-11,30H,12-13H2,1-4H3/b9-7+,22-11+. The van der Waals surface area contributed by atoms with E-state index in [1.165, 1.54) is 5.56 Å². The van der Waals surface area contributed by atoms with Gasteiger partial charge in [0.25, 0.3) is 0 Å². The monoisotopic (exact) mass is 412 g/mol. The van der Waals surface area contributed by atoms with Gasteiger partial charge in [0.2, 0.25) is 0 Å². The maximum Gasteiger partial charge on any atom is 0.172 e. The highest BCUT2D eigenvalue weighted by molar-refractivity contribution is 5.71. The lowest BCUT2D eigenvalue weighted by atomic mass is 9.83. The number of β-amino-alcohol motifs (C(OH)–C–C–N with tert-alkyl or cyclic N) is 1. The molecule has 0 fully saturated rings. The molecule has 156 valence electrons. The Morgan fingerprint density at radius 2 is 1.81 bits per heavy atom. The van der Waals surface area contributed by atoms with Gasteiger partial charge >= 0.3 is 0 Å². The van der Waals surface area contributed by atoms with Gasteiger partial charge in [0, 0.05) is 28.9 Å². The predicted octanol–water partition coefficient (Wildman–Crippen LogP) is 4.15. The van der Waals surface area contributed by atoms with Crippen LogP contribution in [0.1, 0.15) is 33.3 Å². The topological polar surface area (TPSA) is 104 Å². The molecule has 0 saturated heterocycles. The maximum atomic E-state index is 9.68. The van der Waals surface area contributed by atoms with E-state index in [-0.39, 0.29) is 28.9 Å². The second-order valence-corrected chi connectivity index (χ2v) is 8.37. The smallest absolute Gasteiger partial charge is 0.172 e. The fourth-order valence-electron chi connectivity index (χ4n) is 4.20. The Bertz CT molecular complexity index is 1150. The number of hydrogen-bond donors (Lipinski definition) is 1. The summed E-state index contributed by atoms with van der Waals surface area (Å²) < 4.78 is 5.81. The zero-order chi connectivity index (χ0) is 22.8. The molecular formula is C25H24N4O2. The Morgan fingerprint density at radius 1 is 1.13 bits per heavy atom. The van der Waals surface area contributed by atoms with Crippen LogP contribution in [0.25, 0.3) is 0 Å². The highest BCUT2D eigenvalue weighted by Gasteiger charge is 2.40. The van der Waals surface area contributed by atoms with Gasteiger partial charge in [-0.15, -0.1) is 0 Å². The quantitative estimate of drug-likeness (QED) is 0.745. The van der Waals surface area contributed by atoms with Crippen LogP contribution in [-0.2, 0) is 10.2 Å². The van der Waals surface area contributed by atoms with Crippen molar-refractivity contribution in [3.8, 4) is 18.2 Å². The van der Waals surface area contributed by atoms with E-state index in [0.29, 0.717) is 12.1 Å². The summed E-state index contributed by atoms with van der Waals surface area (Å²) in [6, 6.07) is 13.8. The lowest BCUT2D eigenvalue weighted by Gasteiger charge is -2.26. The first-order valence-corrected chi connectivity index (χ1v) is 9.98. The Balaban J connectivity index is 2.08. The molecule has 0 aliphatic carbocycles. The minimum absolute atomic E-state index is 0.0231. The zero-order valence-corrected chi connectivity index (χ0v) is 18.1. The molecule has 1 aromatic carbocycles. The third-order valence-electron chi connectivity index (χ3n) is 5.70. The predicted molar refractivity (Wildman–Crippen MR) is 117 cm³/mol. The maximum absolute atomic E-state index is 9.68. The number of ether oxygens (including phenoxy) is 1. The molecular weight excluding hydrogens is 388 g/mol. The summed E-state index contributed by atoms with van der Waals surface area (Å²) >= 11 is 0. The summed E-state index contributed by atoms with van der Waals surface area (Å²) in [7, 11) is 0. The van der Waals surface area contributed by atoms with E-state index in [0.717, 1.165) is 11.4 Å². The second kappa shape index (κ2) is 8.15. The summed E-state index contributed by atoms with van der Waals surface area (Å²) in [6.45, 7) is 8.36. The minimum atomic E-state index is -0.854. The first-order valence-electron chi connectivity index (χ1n) is 9.98. The molecule has 0 amide bonds. The molecule has 0 unspecified atom stereocenters. The number of benzene rings is 1. The molecule has 2 aliphatic heterocycles. The van der Waals surface area contributed by atoms with Crippen molar-refractivity contribution in [2.24, 2.45) is 0 Å². The van der Waals surface area contributed by atoms with Gasteiger partial charge in [0.1, 0.15) is 29.4 Å². The third kappa shape index (κ3) is 3.61. The summed E-state index contributed by atoms with van der Waals surface area (Å²) in [6.07, 6.45) is 5.62. The van der Waals surface area contributed by atoms with E-state index in [1.807, 2.05) is 30.4 Å². The molecule has 3 rings (SSSR count). The number of fused-ring (bicyclic) bond motifs is 1. The Morgan fingerprint density at radius 3 is 2.42 bits per heavy atom. The number of anilines is 1. The van der Waals surface area contributed by atoms with Crippen LogP contribution in [0.2, 0.25) is 0 Å². The average molecular weight is 412 g/mol. The lowest BCUT2D eigenvalue weighted by Crippen LogP contribution is -2.28. The van der Waals surface area contributed by atoms with E-state index < -0.39 is 5.60 Å². The van der Waals surface area contributed by atoms with Gasteiger partial charge in [-0.3, -0.25) is 0 Å². The molecule has 0 saturated carbocycles. The van der Waals surface area contributed by atoms with Crippen molar-refractivity contribution < 1.29 is 9.84 Å². The Hall–Kier alpha value is -3.79. The number of nitriles is 3.